The Hall–Kier alpha value is -2.02. The van der Waals surface area contributed by atoms with E-state index in [9.17, 15) is 4.39 Å². The summed E-state index contributed by atoms with van der Waals surface area (Å²) < 4.78 is 22.9. The van der Waals surface area contributed by atoms with Gasteiger partial charge in [-0.05, 0) is 29.9 Å². The van der Waals surface area contributed by atoms with Gasteiger partial charge in [0.05, 0.1) is 26.5 Å². The molecule has 2 atom stereocenters. The van der Waals surface area contributed by atoms with Crippen LogP contribution in [-0.2, 0) is 0 Å². The van der Waals surface area contributed by atoms with E-state index < -0.39 is 0 Å². The highest BCUT2D eigenvalue weighted by Gasteiger charge is 2.40. The lowest BCUT2D eigenvalue weighted by atomic mass is 10.1. The number of halogens is 2. The van der Waals surface area contributed by atoms with Crippen molar-refractivity contribution in [2.75, 3.05) is 20.9 Å². The number of rotatable bonds is 5. The van der Waals surface area contributed by atoms with E-state index in [0.717, 1.165) is 12.0 Å². The second-order valence-corrected chi connectivity index (χ2v) is 5.37. The van der Waals surface area contributed by atoms with Crippen LogP contribution in [0.1, 0.15) is 17.9 Å². The zero-order valence-corrected chi connectivity index (χ0v) is 12.8. The van der Waals surface area contributed by atoms with Gasteiger partial charge >= 0.3 is 6.01 Å². The maximum Gasteiger partial charge on any atom is 0.319 e. The Kier molecular flexibility index (Phi) is 4.06. The topological polar surface area (TPSA) is 70.0 Å². The van der Waals surface area contributed by atoms with Gasteiger partial charge in [-0.3, -0.25) is 4.39 Å². The van der Waals surface area contributed by atoms with Crippen molar-refractivity contribution >= 4 is 11.6 Å². The Morgan fingerprint density at radius 2 is 2.14 bits per heavy atom. The van der Waals surface area contributed by atoms with Crippen LogP contribution in [0.5, 0.6) is 11.9 Å². The van der Waals surface area contributed by atoms with Gasteiger partial charge in [0, 0.05) is 6.20 Å². The van der Waals surface area contributed by atoms with Crippen LogP contribution in [-0.4, -0.2) is 41.1 Å². The summed E-state index contributed by atoms with van der Waals surface area (Å²) in [5, 5.41) is 8.32. The summed E-state index contributed by atoms with van der Waals surface area (Å²) in [7, 11) is 2.97. The molecule has 0 amide bonds. The normalized spacial score (nSPS) is 19.8. The fourth-order valence-electron chi connectivity index (χ4n) is 2.36. The average Bonchev–Trinajstić information content (AvgIpc) is 3.34. The molecule has 2 unspecified atom stereocenters. The second-order valence-electron chi connectivity index (χ2n) is 5.01. The number of aromatic nitrogens is 4. The van der Waals surface area contributed by atoms with Gasteiger partial charge in [0.2, 0.25) is 5.88 Å². The predicted octanol–water partition coefficient (Wildman–Crippen LogP) is 2.68. The lowest BCUT2D eigenvalue weighted by Gasteiger charge is -2.09. The number of ether oxygens (including phenoxy) is 2. The third kappa shape index (κ3) is 2.68. The van der Waals surface area contributed by atoms with Gasteiger partial charge in [-0.2, -0.15) is 4.98 Å². The summed E-state index contributed by atoms with van der Waals surface area (Å²) in [6, 6.07) is 1.99. The summed E-state index contributed by atoms with van der Waals surface area (Å²) in [5.41, 5.74) is 1.90. The maximum atomic E-state index is 12.7. The van der Waals surface area contributed by atoms with Crippen LogP contribution >= 0.6 is 11.6 Å². The molecule has 1 aliphatic rings. The molecule has 0 aliphatic heterocycles. The molecule has 6 nitrogen and oxygen atoms in total. The molecular weight excluding hydrogens is 311 g/mol. The highest BCUT2D eigenvalue weighted by atomic mass is 35.5. The first-order chi connectivity index (χ1) is 10.7. The molecule has 22 heavy (non-hydrogen) atoms. The minimum Gasteiger partial charge on any atom is -0.480 e. The predicted molar refractivity (Wildman–Crippen MR) is 78.0 cm³/mol. The zero-order chi connectivity index (χ0) is 15.7. The number of hydrogen-bond donors (Lipinski definition) is 0. The van der Waals surface area contributed by atoms with E-state index in [1.54, 1.807) is 12.3 Å². The molecule has 1 fully saturated rings. The summed E-state index contributed by atoms with van der Waals surface area (Å²) >= 11 is 6.08. The molecule has 8 heteroatoms. The largest absolute Gasteiger partial charge is 0.480 e. The molecule has 116 valence electrons. The molecule has 1 aliphatic carbocycles. The van der Waals surface area contributed by atoms with Gasteiger partial charge in [-0.25, -0.2) is 4.98 Å². The molecule has 3 rings (SSSR count). The summed E-state index contributed by atoms with van der Waals surface area (Å²) in [6.45, 7) is -0.354. The fourth-order valence-corrected chi connectivity index (χ4v) is 2.59. The standard InChI is InChI=1S/C14H14ClFN4O2/c1-21-13-10(6-17-14(18-13)22-2)11-4-9(12(15)20-19-11)8-3-7(8)5-16/h4,6-8H,3,5H2,1-2H3. The summed E-state index contributed by atoms with van der Waals surface area (Å²) in [6.07, 6.45) is 2.32. The minimum atomic E-state index is -0.354. The first-order valence-electron chi connectivity index (χ1n) is 6.72. The molecule has 0 saturated heterocycles. The molecule has 1 saturated carbocycles. The fraction of sp³-hybridized carbons (Fsp3) is 0.429. The molecule has 0 spiro atoms. The lowest BCUT2D eigenvalue weighted by Crippen LogP contribution is -2.00. The van der Waals surface area contributed by atoms with Crippen molar-refractivity contribution in [3.8, 4) is 23.1 Å². The lowest BCUT2D eigenvalue weighted by molar-refractivity contribution is 0.353. The minimum absolute atomic E-state index is 0.0172. The molecule has 2 heterocycles. The van der Waals surface area contributed by atoms with Crippen LogP contribution in [0.25, 0.3) is 11.3 Å². The SMILES string of the molecule is COc1ncc(-c2cc(C3CC3CF)c(Cl)nn2)c(OC)n1. The van der Waals surface area contributed by atoms with Crippen LogP contribution in [0.2, 0.25) is 5.15 Å². The van der Waals surface area contributed by atoms with E-state index in [2.05, 4.69) is 20.2 Å². The van der Waals surface area contributed by atoms with Gasteiger partial charge in [0.25, 0.3) is 0 Å². The van der Waals surface area contributed by atoms with Gasteiger partial charge in [0.1, 0.15) is 5.69 Å². The van der Waals surface area contributed by atoms with Crippen molar-refractivity contribution < 1.29 is 13.9 Å². The van der Waals surface area contributed by atoms with Crippen molar-refractivity contribution in [1.82, 2.24) is 20.2 Å². The number of nitrogens with zero attached hydrogens (tertiary/aromatic N) is 4. The van der Waals surface area contributed by atoms with E-state index in [1.165, 1.54) is 14.2 Å². The zero-order valence-electron chi connectivity index (χ0n) is 12.1. The maximum absolute atomic E-state index is 12.7. The molecule has 0 N–H and O–H groups in total. The molecule has 2 aromatic heterocycles. The van der Waals surface area contributed by atoms with Crippen molar-refractivity contribution in [1.29, 1.82) is 0 Å². The van der Waals surface area contributed by atoms with Crippen LogP contribution in [0.15, 0.2) is 12.3 Å². The van der Waals surface area contributed by atoms with Gasteiger partial charge in [-0.15, -0.1) is 10.2 Å². The molecule has 2 aromatic rings. The third-order valence-corrected chi connectivity index (χ3v) is 3.97. The first-order valence-corrected chi connectivity index (χ1v) is 7.10. The second kappa shape index (κ2) is 6.00. The van der Waals surface area contributed by atoms with Crippen LogP contribution in [0.4, 0.5) is 4.39 Å². The van der Waals surface area contributed by atoms with Crippen LogP contribution < -0.4 is 9.47 Å². The Labute approximate surface area is 131 Å². The Morgan fingerprint density at radius 1 is 1.32 bits per heavy atom. The number of alkyl halides is 1. The van der Waals surface area contributed by atoms with Gasteiger partial charge in [-0.1, -0.05) is 11.6 Å². The molecular formula is C14H14ClFN4O2. The number of methoxy groups -OCH3 is 2. The van der Waals surface area contributed by atoms with E-state index >= 15 is 0 Å². The first kappa shape index (κ1) is 14.9. The van der Waals surface area contributed by atoms with E-state index in [1.807, 2.05) is 0 Å². The summed E-state index contributed by atoms with van der Waals surface area (Å²) in [5.74, 6) is 0.438. The van der Waals surface area contributed by atoms with Crippen molar-refractivity contribution in [3.05, 3.63) is 23.0 Å². The molecule has 0 aromatic carbocycles. The molecule has 0 bridgehead atoms. The van der Waals surface area contributed by atoms with Crippen molar-refractivity contribution in [3.63, 3.8) is 0 Å². The average molecular weight is 325 g/mol. The monoisotopic (exact) mass is 324 g/mol. The van der Waals surface area contributed by atoms with Gasteiger partial charge in [0.15, 0.2) is 5.15 Å². The molecule has 0 radical (unpaired) electrons. The smallest absolute Gasteiger partial charge is 0.319 e. The third-order valence-electron chi connectivity index (χ3n) is 3.68. The highest BCUT2D eigenvalue weighted by molar-refractivity contribution is 6.30. The van der Waals surface area contributed by atoms with Crippen LogP contribution in [0.3, 0.4) is 0 Å². The Balaban J connectivity index is 2.00. The number of hydrogen-bond acceptors (Lipinski definition) is 6. The quantitative estimate of drug-likeness (QED) is 0.842. The Morgan fingerprint density at radius 3 is 2.77 bits per heavy atom. The van der Waals surface area contributed by atoms with Crippen LogP contribution in [0, 0.1) is 5.92 Å². The summed E-state index contributed by atoms with van der Waals surface area (Å²) in [4.78, 5) is 8.17. The van der Waals surface area contributed by atoms with Crippen molar-refractivity contribution in [2.24, 2.45) is 5.92 Å². The highest BCUT2D eigenvalue weighted by Crippen LogP contribution is 2.49. The van der Waals surface area contributed by atoms with E-state index in [-0.39, 0.29) is 24.5 Å². The van der Waals surface area contributed by atoms with E-state index in [4.69, 9.17) is 21.1 Å². The van der Waals surface area contributed by atoms with E-state index in [0.29, 0.717) is 22.3 Å². The van der Waals surface area contributed by atoms with Gasteiger partial charge < -0.3 is 9.47 Å². The van der Waals surface area contributed by atoms with Crippen molar-refractivity contribution in [2.45, 2.75) is 12.3 Å². The Bertz CT molecular complexity index is 701.